The molecule has 0 aromatic heterocycles. The van der Waals surface area contributed by atoms with Crippen molar-refractivity contribution >= 4 is 8.07 Å². The second-order valence-electron chi connectivity index (χ2n) is 6.36. The lowest BCUT2D eigenvalue weighted by atomic mass is 9.87. The molecular weight excluding hydrogens is 172 g/mol. The Labute approximate surface area is 85.1 Å². The van der Waals surface area contributed by atoms with Gasteiger partial charge in [-0.25, -0.2) is 0 Å². The van der Waals surface area contributed by atoms with E-state index in [9.17, 15) is 0 Å². The summed E-state index contributed by atoms with van der Waals surface area (Å²) in [7, 11) is -0.810. The van der Waals surface area contributed by atoms with Crippen LogP contribution < -0.4 is 0 Å². The van der Waals surface area contributed by atoms with Crippen molar-refractivity contribution in [2.24, 2.45) is 17.8 Å². The Morgan fingerprint density at radius 2 is 1.77 bits per heavy atom. The predicted octanol–water partition coefficient (Wildman–Crippen LogP) is 4.40. The maximum absolute atomic E-state index is 2.52. The molecule has 0 aromatic carbocycles. The van der Waals surface area contributed by atoms with Gasteiger partial charge in [-0.15, -0.1) is 0 Å². The van der Waals surface area contributed by atoms with E-state index in [-0.39, 0.29) is 0 Å². The second-order valence-corrected chi connectivity index (χ2v) is 11.9. The van der Waals surface area contributed by atoms with Crippen molar-refractivity contribution in [3.63, 3.8) is 0 Å². The van der Waals surface area contributed by atoms with E-state index >= 15 is 0 Å². The topological polar surface area (TPSA) is 0 Å². The minimum atomic E-state index is -0.810. The molecule has 1 heteroatoms. The molecule has 0 bridgehead atoms. The van der Waals surface area contributed by atoms with Crippen molar-refractivity contribution in [2.45, 2.75) is 58.8 Å². The summed E-state index contributed by atoms with van der Waals surface area (Å²) >= 11 is 0. The van der Waals surface area contributed by atoms with E-state index in [2.05, 4.69) is 33.5 Å². The maximum Gasteiger partial charge on any atom is 0.0445 e. The van der Waals surface area contributed by atoms with Crippen LogP contribution in [0.3, 0.4) is 0 Å². The highest BCUT2D eigenvalue weighted by Crippen LogP contribution is 2.41. The number of hydrogen-bond donors (Lipinski definition) is 0. The Kier molecular flexibility index (Phi) is 3.62. The van der Waals surface area contributed by atoms with Crippen molar-refractivity contribution in [2.75, 3.05) is 0 Å². The van der Waals surface area contributed by atoms with Crippen LogP contribution in [0.5, 0.6) is 0 Å². The highest BCUT2D eigenvalue weighted by atomic mass is 28.3. The van der Waals surface area contributed by atoms with Gasteiger partial charge in [0, 0.05) is 8.07 Å². The van der Waals surface area contributed by atoms with Gasteiger partial charge in [-0.3, -0.25) is 0 Å². The lowest BCUT2D eigenvalue weighted by Crippen LogP contribution is -2.27. The molecule has 1 rings (SSSR count). The van der Waals surface area contributed by atoms with E-state index in [1.807, 2.05) is 0 Å². The van der Waals surface area contributed by atoms with Crippen LogP contribution in [0, 0.1) is 17.8 Å². The summed E-state index contributed by atoms with van der Waals surface area (Å²) in [5, 5.41) is 0. The van der Waals surface area contributed by atoms with Gasteiger partial charge in [-0.1, -0.05) is 52.4 Å². The number of hydrogen-bond acceptors (Lipinski definition) is 0. The molecule has 0 unspecified atom stereocenters. The van der Waals surface area contributed by atoms with E-state index in [0.717, 1.165) is 17.8 Å². The fourth-order valence-electron chi connectivity index (χ4n) is 2.98. The van der Waals surface area contributed by atoms with Crippen LogP contribution >= 0.6 is 0 Å². The third-order valence-corrected chi connectivity index (χ3v) is 5.20. The average molecular weight is 198 g/mol. The Balaban J connectivity index is 2.49. The lowest BCUT2D eigenvalue weighted by molar-refractivity contribution is 0.312. The van der Waals surface area contributed by atoms with E-state index in [1.54, 1.807) is 6.04 Å². The molecule has 0 heterocycles. The molecule has 1 fully saturated rings. The summed E-state index contributed by atoms with van der Waals surface area (Å²) in [6, 6.07) is 1.57. The lowest BCUT2D eigenvalue weighted by Gasteiger charge is -2.28. The monoisotopic (exact) mass is 198 g/mol. The van der Waals surface area contributed by atoms with Crippen LogP contribution in [-0.4, -0.2) is 8.07 Å². The van der Waals surface area contributed by atoms with Crippen LogP contribution in [0.25, 0.3) is 0 Å². The molecule has 1 aliphatic rings. The molecular formula is C12H26Si. The Hall–Kier alpha value is 0.217. The molecule has 0 N–H and O–H groups in total. The van der Waals surface area contributed by atoms with Crippen molar-refractivity contribution in [1.29, 1.82) is 0 Å². The normalized spacial score (nSPS) is 30.0. The van der Waals surface area contributed by atoms with E-state index < -0.39 is 8.07 Å². The SMILES string of the molecule is CC(C)[C@@H]1CCC[C@@H]1C[Si](C)(C)C. The third kappa shape index (κ3) is 3.45. The molecule has 1 saturated carbocycles. The summed E-state index contributed by atoms with van der Waals surface area (Å²) in [4.78, 5) is 0. The fraction of sp³-hybridized carbons (Fsp3) is 1.00. The minimum Gasteiger partial charge on any atom is -0.0695 e. The molecule has 0 amide bonds. The summed E-state index contributed by atoms with van der Waals surface area (Å²) in [5.74, 6) is 3.04. The van der Waals surface area contributed by atoms with Crippen molar-refractivity contribution in [3.05, 3.63) is 0 Å². The number of rotatable bonds is 3. The summed E-state index contributed by atoms with van der Waals surface area (Å²) in [6.07, 6.45) is 4.53. The van der Waals surface area contributed by atoms with Gasteiger partial charge in [-0.05, 0) is 24.2 Å². The van der Waals surface area contributed by atoms with Crippen LogP contribution in [0.2, 0.25) is 25.7 Å². The highest BCUT2D eigenvalue weighted by molar-refractivity contribution is 6.76. The maximum atomic E-state index is 2.52. The average Bonchev–Trinajstić information content (AvgIpc) is 2.31. The molecule has 0 aliphatic heterocycles. The smallest absolute Gasteiger partial charge is 0.0445 e. The molecule has 0 spiro atoms. The first-order valence-electron chi connectivity index (χ1n) is 5.90. The van der Waals surface area contributed by atoms with Gasteiger partial charge in [0.1, 0.15) is 0 Å². The molecule has 0 aromatic rings. The second kappa shape index (κ2) is 4.16. The van der Waals surface area contributed by atoms with Crippen LogP contribution in [0.4, 0.5) is 0 Å². The largest absolute Gasteiger partial charge is 0.0695 e. The van der Waals surface area contributed by atoms with Crippen LogP contribution in [0.15, 0.2) is 0 Å². The Bertz CT molecular complexity index is 155. The third-order valence-electron chi connectivity index (χ3n) is 3.45. The van der Waals surface area contributed by atoms with Crippen molar-refractivity contribution in [3.8, 4) is 0 Å². The van der Waals surface area contributed by atoms with Gasteiger partial charge >= 0.3 is 0 Å². The quantitative estimate of drug-likeness (QED) is 0.590. The van der Waals surface area contributed by atoms with Crippen LogP contribution in [-0.2, 0) is 0 Å². The summed E-state index contributed by atoms with van der Waals surface area (Å²) in [6.45, 7) is 12.4. The van der Waals surface area contributed by atoms with Gasteiger partial charge in [-0.2, -0.15) is 0 Å². The minimum absolute atomic E-state index is 0.810. The van der Waals surface area contributed by atoms with Crippen LogP contribution in [0.1, 0.15) is 33.1 Å². The zero-order valence-corrected chi connectivity index (χ0v) is 11.1. The first-order valence-corrected chi connectivity index (χ1v) is 9.61. The molecule has 1 aliphatic carbocycles. The van der Waals surface area contributed by atoms with Gasteiger partial charge in [0.2, 0.25) is 0 Å². The highest BCUT2D eigenvalue weighted by Gasteiger charge is 2.32. The summed E-state index contributed by atoms with van der Waals surface area (Å²) in [5.41, 5.74) is 0. The molecule has 0 saturated heterocycles. The first-order chi connectivity index (χ1) is 5.90. The van der Waals surface area contributed by atoms with E-state index in [0.29, 0.717) is 0 Å². The Morgan fingerprint density at radius 3 is 2.23 bits per heavy atom. The summed E-state index contributed by atoms with van der Waals surface area (Å²) < 4.78 is 0. The van der Waals surface area contributed by atoms with Gasteiger partial charge in [0.15, 0.2) is 0 Å². The first kappa shape index (κ1) is 11.3. The zero-order valence-electron chi connectivity index (χ0n) is 10.1. The van der Waals surface area contributed by atoms with Gasteiger partial charge < -0.3 is 0 Å². The van der Waals surface area contributed by atoms with E-state index in [1.165, 1.54) is 19.3 Å². The van der Waals surface area contributed by atoms with Crippen molar-refractivity contribution < 1.29 is 0 Å². The standard InChI is InChI=1S/C12H26Si/c1-10(2)12-8-6-7-11(12)9-13(3,4)5/h10-12H,6-9H2,1-5H3/t11-,12+/m1/s1. The molecule has 13 heavy (non-hydrogen) atoms. The molecule has 0 radical (unpaired) electrons. The molecule has 2 atom stereocenters. The molecule has 0 nitrogen and oxygen atoms in total. The van der Waals surface area contributed by atoms with Crippen molar-refractivity contribution in [1.82, 2.24) is 0 Å². The molecule has 78 valence electrons. The Morgan fingerprint density at radius 1 is 1.15 bits per heavy atom. The van der Waals surface area contributed by atoms with Gasteiger partial charge in [0.25, 0.3) is 0 Å². The predicted molar refractivity (Wildman–Crippen MR) is 63.8 cm³/mol. The van der Waals surface area contributed by atoms with E-state index in [4.69, 9.17) is 0 Å². The fourth-order valence-corrected chi connectivity index (χ4v) is 5.06. The zero-order chi connectivity index (χ0) is 10.1. The van der Waals surface area contributed by atoms with Gasteiger partial charge in [0.05, 0.1) is 0 Å².